The zero-order valence-electron chi connectivity index (χ0n) is 10.7. The van der Waals surface area contributed by atoms with Crippen LogP contribution < -0.4 is 10.6 Å². The Kier molecular flexibility index (Phi) is 4.83. The lowest BCUT2D eigenvalue weighted by Crippen LogP contribution is -2.43. The van der Waals surface area contributed by atoms with Crippen LogP contribution in [0.4, 0.5) is 4.39 Å². The van der Waals surface area contributed by atoms with E-state index in [1.165, 1.54) is 13.0 Å². The number of hydrogen-bond donors (Lipinski definition) is 2. The van der Waals surface area contributed by atoms with Crippen molar-refractivity contribution in [3.63, 3.8) is 0 Å². The van der Waals surface area contributed by atoms with E-state index in [1.54, 1.807) is 26.0 Å². The van der Waals surface area contributed by atoms with Gasteiger partial charge in [-0.2, -0.15) is 0 Å². The van der Waals surface area contributed by atoms with Crippen molar-refractivity contribution in [1.29, 1.82) is 0 Å². The van der Waals surface area contributed by atoms with Gasteiger partial charge >= 0.3 is 0 Å². The number of hydrogen-bond acceptors (Lipinski definition) is 2. The van der Waals surface area contributed by atoms with Crippen molar-refractivity contribution in [3.8, 4) is 0 Å². The highest BCUT2D eigenvalue weighted by Crippen LogP contribution is 2.08. The van der Waals surface area contributed by atoms with Crippen LogP contribution in [0.2, 0.25) is 0 Å². The molecule has 1 rings (SSSR count). The van der Waals surface area contributed by atoms with Crippen LogP contribution in [0.15, 0.2) is 18.2 Å². The Labute approximate surface area is 106 Å². The van der Waals surface area contributed by atoms with E-state index in [2.05, 4.69) is 10.6 Å². The number of amides is 2. The first-order valence-corrected chi connectivity index (χ1v) is 5.70. The summed E-state index contributed by atoms with van der Waals surface area (Å²) in [6.07, 6.45) is 0. The second kappa shape index (κ2) is 6.14. The second-order valence-corrected chi connectivity index (χ2v) is 4.22. The summed E-state index contributed by atoms with van der Waals surface area (Å²) in [5.41, 5.74) is 1.36. The van der Waals surface area contributed by atoms with E-state index >= 15 is 0 Å². The van der Waals surface area contributed by atoms with Gasteiger partial charge in [0.1, 0.15) is 11.9 Å². The molecule has 5 heteroatoms. The fraction of sp³-hybridized carbons (Fsp3) is 0.385. The van der Waals surface area contributed by atoms with Crippen molar-refractivity contribution < 1.29 is 14.0 Å². The van der Waals surface area contributed by atoms with Crippen molar-refractivity contribution in [1.82, 2.24) is 10.6 Å². The maximum absolute atomic E-state index is 13.0. The van der Waals surface area contributed by atoms with Crippen LogP contribution in [0.1, 0.15) is 25.0 Å². The Morgan fingerprint density at radius 2 is 2.06 bits per heavy atom. The van der Waals surface area contributed by atoms with Crippen molar-refractivity contribution in [2.75, 3.05) is 0 Å². The SMILES string of the molecule is CC(=O)N[C@H](C)C(=O)NCc1ccc(F)c(C)c1. The molecule has 0 bridgehead atoms. The smallest absolute Gasteiger partial charge is 0.242 e. The summed E-state index contributed by atoms with van der Waals surface area (Å²) in [5.74, 6) is -0.792. The topological polar surface area (TPSA) is 58.2 Å². The summed E-state index contributed by atoms with van der Waals surface area (Å²) in [6.45, 7) is 4.93. The molecule has 4 nitrogen and oxygen atoms in total. The van der Waals surface area contributed by atoms with Crippen LogP contribution in [-0.4, -0.2) is 17.9 Å². The normalized spacial score (nSPS) is 11.8. The molecule has 1 aromatic rings. The Morgan fingerprint density at radius 1 is 1.39 bits per heavy atom. The molecule has 1 aromatic carbocycles. The molecule has 0 aliphatic carbocycles. The number of nitrogens with one attached hydrogen (secondary N) is 2. The van der Waals surface area contributed by atoms with Crippen LogP contribution in [0.3, 0.4) is 0 Å². The van der Waals surface area contributed by atoms with Gasteiger partial charge < -0.3 is 10.6 Å². The van der Waals surface area contributed by atoms with Crippen LogP contribution in [0, 0.1) is 12.7 Å². The number of aryl methyl sites for hydroxylation is 1. The molecule has 0 aliphatic heterocycles. The van der Waals surface area contributed by atoms with Gasteiger partial charge in [-0.05, 0) is 31.0 Å². The van der Waals surface area contributed by atoms with Gasteiger partial charge in [-0.25, -0.2) is 4.39 Å². The number of carbonyl (C=O) groups is 2. The maximum atomic E-state index is 13.0. The minimum atomic E-state index is -0.580. The molecule has 0 unspecified atom stereocenters. The minimum Gasteiger partial charge on any atom is -0.350 e. The first kappa shape index (κ1) is 14.2. The Bertz CT molecular complexity index is 460. The largest absolute Gasteiger partial charge is 0.350 e. The number of carbonyl (C=O) groups excluding carboxylic acids is 2. The van der Waals surface area contributed by atoms with Crippen LogP contribution in [0.25, 0.3) is 0 Å². The average molecular weight is 252 g/mol. The zero-order valence-corrected chi connectivity index (χ0v) is 10.7. The van der Waals surface area contributed by atoms with Gasteiger partial charge in [0.05, 0.1) is 0 Å². The van der Waals surface area contributed by atoms with Gasteiger partial charge in [-0.1, -0.05) is 12.1 Å². The van der Waals surface area contributed by atoms with Gasteiger partial charge in [0.15, 0.2) is 0 Å². The number of halogens is 1. The van der Waals surface area contributed by atoms with E-state index in [-0.39, 0.29) is 17.6 Å². The lowest BCUT2D eigenvalue weighted by Gasteiger charge is -2.13. The highest BCUT2D eigenvalue weighted by Gasteiger charge is 2.12. The van der Waals surface area contributed by atoms with Gasteiger partial charge in [0, 0.05) is 13.5 Å². The Balaban J connectivity index is 2.52. The monoisotopic (exact) mass is 252 g/mol. The summed E-state index contributed by atoms with van der Waals surface area (Å²) in [5, 5.41) is 5.16. The molecule has 0 radical (unpaired) electrons. The molecule has 0 heterocycles. The van der Waals surface area contributed by atoms with E-state index in [4.69, 9.17) is 0 Å². The quantitative estimate of drug-likeness (QED) is 0.848. The molecule has 2 N–H and O–H groups in total. The molecule has 2 amide bonds. The Morgan fingerprint density at radius 3 is 2.61 bits per heavy atom. The molecule has 0 fully saturated rings. The second-order valence-electron chi connectivity index (χ2n) is 4.22. The molecule has 0 aliphatic rings. The molecule has 98 valence electrons. The third kappa shape index (κ3) is 4.16. The van der Waals surface area contributed by atoms with E-state index in [9.17, 15) is 14.0 Å². The summed E-state index contributed by atoms with van der Waals surface area (Å²) in [4.78, 5) is 22.4. The number of rotatable bonds is 4. The average Bonchev–Trinajstić information content (AvgIpc) is 2.29. The van der Waals surface area contributed by atoms with Gasteiger partial charge in [-0.3, -0.25) is 9.59 Å². The number of benzene rings is 1. The highest BCUT2D eigenvalue weighted by molar-refractivity contribution is 5.86. The lowest BCUT2D eigenvalue weighted by atomic mass is 10.1. The summed E-state index contributed by atoms with van der Waals surface area (Å²) >= 11 is 0. The highest BCUT2D eigenvalue weighted by atomic mass is 19.1. The van der Waals surface area contributed by atoms with Gasteiger partial charge in [-0.15, -0.1) is 0 Å². The minimum absolute atomic E-state index is 0.254. The van der Waals surface area contributed by atoms with E-state index in [0.717, 1.165) is 5.56 Å². The van der Waals surface area contributed by atoms with Crippen molar-refractivity contribution in [2.45, 2.75) is 33.4 Å². The zero-order chi connectivity index (χ0) is 13.7. The van der Waals surface area contributed by atoms with Crippen LogP contribution in [0.5, 0.6) is 0 Å². The molecule has 1 atom stereocenters. The predicted octanol–water partition coefficient (Wildman–Crippen LogP) is 1.27. The van der Waals surface area contributed by atoms with E-state index in [0.29, 0.717) is 12.1 Å². The first-order valence-electron chi connectivity index (χ1n) is 5.70. The molecule has 0 aromatic heterocycles. The molecular formula is C13H17FN2O2. The fourth-order valence-corrected chi connectivity index (χ4v) is 1.53. The fourth-order valence-electron chi connectivity index (χ4n) is 1.53. The first-order chi connectivity index (χ1) is 8.40. The molecule has 0 saturated carbocycles. The molecule has 0 spiro atoms. The lowest BCUT2D eigenvalue weighted by molar-refractivity contribution is -0.127. The van der Waals surface area contributed by atoms with Crippen molar-refractivity contribution in [2.24, 2.45) is 0 Å². The molecular weight excluding hydrogens is 235 g/mol. The molecule has 18 heavy (non-hydrogen) atoms. The van der Waals surface area contributed by atoms with Crippen LogP contribution in [-0.2, 0) is 16.1 Å². The van der Waals surface area contributed by atoms with Crippen molar-refractivity contribution >= 4 is 11.8 Å². The van der Waals surface area contributed by atoms with Gasteiger partial charge in [0.25, 0.3) is 0 Å². The van der Waals surface area contributed by atoms with Gasteiger partial charge in [0.2, 0.25) is 11.8 Å². The Hall–Kier alpha value is -1.91. The van der Waals surface area contributed by atoms with Crippen LogP contribution >= 0.6 is 0 Å². The predicted molar refractivity (Wildman–Crippen MR) is 66.3 cm³/mol. The van der Waals surface area contributed by atoms with E-state index in [1.807, 2.05) is 0 Å². The maximum Gasteiger partial charge on any atom is 0.242 e. The summed E-state index contributed by atoms with van der Waals surface area (Å²) in [7, 11) is 0. The summed E-state index contributed by atoms with van der Waals surface area (Å²) in [6, 6.07) is 4.09. The van der Waals surface area contributed by atoms with E-state index < -0.39 is 6.04 Å². The summed E-state index contributed by atoms with van der Waals surface area (Å²) < 4.78 is 13.0. The standard InChI is InChI=1S/C13H17FN2O2/c1-8-6-11(4-5-12(8)14)7-15-13(18)9(2)16-10(3)17/h4-6,9H,7H2,1-3H3,(H,15,18)(H,16,17)/t9-/m1/s1. The third-order valence-electron chi connectivity index (χ3n) is 2.50. The van der Waals surface area contributed by atoms with Crippen molar-refractivity contribution in [3.05, 3.63) is 35.1 Å². The third-order valence-corrected chi connectivity index (χ3v) is 2.50. The molecule has 0 saturated heterocycles.